The third kappa shape index (κ3) is 3.82. The van der Waals surface area contributed by atoms with Crippen molar-refractivity contribution in [2.24, 2.45) is 0 Å². The Hall–Kier alpha value is -0.570. The second-order valence-corrected chi connectivity index (χ2v) is 4.50. The van der Waals surface area contributed by atoms with Crippen LogP contribution in [0, 0.1) is 0 Å². The van der Waals surface area contributed by atoms with Gasteiger partial charge >= 0.3 is 0 Å². The largest absolute Gasteiger partial charge is 0.339 e. The SMILES string of the molecule is CCNC(C)(C)C(=O)N(CC)C(C)CC. The molecule has 0 fully saturated rings. The highest BCUT2D eigenvalue weighted by Crippen LogP contribution is 2.12. The van der Waals surface area contributed by atoms with E-state index < -0.39 is 5.54 Å². The highest BCUT2D eigenvalue weighted by Gasteiger charge is 2.31. The molecule has 3 nitrogen and oxygen atoms in total. The first kappa shape index (κ1) is 14.4. The molecule has 0 saturated heterocycles. The van der Waals surface area contributed by atoms with Crippen LogP contribution >= 0.6 is 0 Å². The molecule has 1 amide bonds. The molecule has 90 valence electrons. The summed E-state index contributed by atoms with van der Waals surface area (Å²) >= 11 is 0. The number of nitrogens with one attached hydrogen (secondary N) is 1. The number of carbonyl (C=O) groups is 1. The lowest BCUT2D eigenvalue weighted by atomic mass is 10.0. The maximum absolute atomic E-state index is 12.2. The Labute approximate surface area is 94.2 Å². The van der Waals surface area contributed by atoms with Crippen LogP contribution in [-0.4, -0.2) is 35.5 Å². The molecule has 0 bridgehead atoms. The molecule has 1 atom stereocenters. The molecule has 15 heavy (non-hydrogen) atoms. The second kappa shape index (κ2) is 6.11. The second-order valence-electron chi connectivity index (χ2n) is 4.50. The summed E-state index contributed by atoms with van der Waals surface area (Å²) in [6, 6.07) is 0.320. The van der Waals surface area contributed by atoms with Gasteiger partial charge in [0.15, 0.2) is 0 Å². The standard InChI is InChI=1S/C12H26N2O/c1-7-10(4)14(9-3)11(15)12(5,6)13-8-2/h10,13H,7-9H2,1-6H3. The van der Waals surface area contributed by atoms with Crippen molar-refractivity contribution in [2.45, 2.75) is 59.5 Å². The number of likely N-dealkylation sites (N-methyl/N-ethyl adjacent to an activating group) is 2. The van der Waals surface area contributed by atoms with Gasteiger partial charge in [-0.15, -0.1) is 0 Å². The number of hydrogen-bond donors (Lipinski definition) is 1. The summed E-state index contributed by atoms with van der Waals surface area (Å²) in [7, 11) is 0. The minimum absolute atomic E-state index is 0.196. The Balaban J connectivity index is 4.64. The van der Waals surface area contributed by atoms with E-state index in [9.17, 15) is 4.79 Å². The Morgan fingerprint density at radius 1 is 1.33 bits per heavy atom. The summed E-state index contributed by atoms with van der Waals surface area (Å²) in [6.45, 7) is 13.8. The molecule has 0 aromatic carbocycles. The Morgan fingerprint density at radius 2 is 1.87 bits per heavy atom. The summed E-state index contributed by atoms with van der Waals surface area (Å²) in [5.41, 5.74) is -0.450. The highest BCUT2D eigenvalue weighted by atomic mass is 16.2. The number of nitrogens with zero attached hydrogens (tertiary/aromatic N) is 1. The molecule has 0 spiro atoms. The third-order valence-corrected chi connectivity index (χ3v) is 2.88. The third-order valence-electron chi connectivity index (χ3n) is 2.88. The average Bonchev–Trinajstić information content (AvgIpc) is 2.18. The predicted molar refractivity (Wildman–Crippen MR) is 64.9 cm³/mol. The molecule has 0 radical (unpaired) electrons. The van der Waals surface area contributed by atoms with Crippen LogP contribution in [0.3, 0.4) is 0 Å². The van der Waals surface area contributed by atoms with Gasteiger partial charge in [0.2, 0.25) is 5.91 Å². The van der Waals surface area contributed by atoms with E-state index in [1.165, 1.54) is 0 Å². The Kier molecular flexibility index (Phi) is 5.88. The monoisotopic (exact) mass is 214 g/mol. The lowest BCUT2D eigenvalue weighted by molar-refractivity contribution is -0.139. The van der Waals surface area contributed by atoms with E-state index in [2.05, 4.69) is 19.2 Å². The van der Waals surface area contributed by atoms with E-state index in [1.807, 2.05) is 32.6 Å². The van der Waals surface area contributed by atoms with E-state index >= 15 is 0 Å². The van der Waals surface area contributed by atoms with E-state index in [0.717, 1.165) is 19.5 Å². The molecule has 3 heteroatoms. The first-order valence-electron chi connectivity index (χ1n) is 5.96. The molecule has 0 saturated carbocycles. The van der Waals surface area contributed by atoms with Crippen LogP contribution in [0.25, 0.3) is 0 Å². The maximum Gasteiger partial charge on any atom is 0.242 e. The summed E-state index contributed by atoms with van der Waals surface area (Å²) in [6.07, 6.45) is 1.00. The fourth-order valence-electron chi connectivity index (χ4n) is 1.75. The minimum Gasteiger partial charge on any atom is -0.339 e. The van der Waals surface area contributed by atoms with Gasteiger partial charge in [0.25, 0.3) is 0 Å². The van der Waals surface area contributed by atoms with Crippen molar-refractivity contribution >= 4 is 5.91 Å². The van der Waals surface area contributed by atoms with Crippen molar-refractivity contribution in [1.82, 2.24) is 10.2 Å². The zero-order valence-electron chi connectivity index (χ0n) is 11.1. The Bertz CT molecular complexity index is 202. The van der Waals surface area contributed by atoms with Crippen LogP contribution in [0.15, 0.2) is 0 Å². The van der Waals surface area contributed by atoms with E-state index in [-0.39, 0.29) is 5.91 Å². The van der Waals surface area contributed by atoms with Gasteiger partial charge in [-0.25, -0.2) is 0 Å². The van der Waals surface area contributed by atoms with Crippen molar-refractivity contribution < 1.29 is 4.79 Å². The molecule has 0 aliphatic heterocycles. The zero-order chi connectivity index (χ0) is 12.1. The first-order chi connectivity index (χ1) is 6.90. The predicted octanol–water partition coefficient (Wildman–Crippen LogP) is 2.02. The van der Waals surface area contributed by atoms with Crippen LogP contribution in [0.2, 0.25) is 0 Å². The molecule has 0 aliphatic carbocycles. The molecule has 0 aromatic rings. The molecular formula is C12H26N2O. The van der Waals surface area contributed by atoms with Gasteiger partial charge in [-0.3, -0.25) is 4.79 Å². The number of rotatable bonds is 6. The summed E-state index contributed by atoms with van der Waals surface area (Å²) < 4.78 is 0. The van der Waals surface area contributed by atoms with Crippen LogP contribution in [0.1, 0.15) is 48.0 Å². The van der Waals surface area contributed by atoms with Gasteiger partial charge in [-0.2, -0.15) is 0 Å². The highest BCUT2D eigenvalue weighted by molar-refractivity contribution is 5.85. The van der Waals surface area contributed by atoms with Crippen molar-refractivity contribution in [2.75, 3.05) is 13.1 Å². The van der Waals surface area contributed by atoms with Crippen LogP contribution in [0.5, 0.6) is 0 Å². The summed E-state index contributed by atoms with van der Waals surface area (Å²) in [4.78, 5) is 14.2. The normalized spacial score (nSPS) is 13.7. The molecule has 0 rings (SSSR count). The lowest BCUT2D eigenvalue weighted by Crippen LogP contribution is -2.56. The van der Waals surface area contributed by atoms with Crippen LogP contribution < -0.4 is 5.32 Å². The molecular weight excluding hydrogens is 188 g/mol. The van der Waals surface area contributed by atoms with Crippen molar-refractivity contribution in [1.29, 1.82) is 0 Å². The smallest absolute Gasteiger partial charge is 0.242 e. The first-order valence-corrected chi connectivity index (χ1v) is 5.96. The van der Waals surface area contributed by atoms with E-state index in [0.29, 0.717) is 6.04 Å². The van der Waals surface area contributed by atoms with Gasteiger partial charge in [0.1, 0.15) is 0 Å². The molecule has 1 unspecified atom stereocenters. The average molecular weight is 214 g/mol. The van der Waals surface area contributed by atoms with E-state index in [1.54, 1.807) is 0 Å². The van der Waals surface area contributed by atoms with Gasteiger partial charge in [0.05, 0.1) is 5.54 Å². The van der Waals surface area contributed by atoms with Gasteiger partial charge in [-0.05, 0) is 40.7 Å². The molecule has 1 N–H and O–H groups in total. The van der Waals surface area contributed by atoms with Crippen molar-refractivity contribution in [3.05, 3.63) is 0 Å². The fraction of sp³-hybridized carbons (Fsp3) is 0.917. The maximum atomic E-state index is 12.2. The van der Waals surface area contributed by atoms with Gasteiger partial charge in [-0.1, -0.05) is 13.8 Å². The quantitative estimate of drug-likeness (QED) is 0.733. The lowest BCUT2D eigenvalue weighted by Gasteiger charge is -2.35. The molecule has 0 aliphatic rings. The number of amides is 1. The van der Waals surface area contributed by atoms with E-state index in [4.69, 9.17) is 0 Å². The van der Waals surface area contributed by atoms with Gasteiger partial charge in [0, 0.05) is 12.6 Å². The topological polar surface area (TPSA) is 32.3 Å². The number of hydrogen-bond acceptors (Lipinski definition) is 2. The zero-order valence-corrected chi connectivity index (χ0v) is 11.1. The minimum atomic E-state index is -0.450. The van der Waals surface area contributed by atoms with Crippen LogP contribution in [-0.2, 0) is 4.79 Å². The molecule has 0 heterocycles. The molecule has 0 aromatic heterocycles. The summed E-state index contributed by atoms with van der Waals surface area (Å²) in [5, 5.41) is 3.22. The fourth-order valence-corrected chi connectivity index (χ4v) is 1.75. The summed E-state index contributed by atoms with van der Waals surface area (Å²) in [5.74, 6) is 0.196. The number of carbonyl (C=O) groups excluding carboxylic acids is 1. The van der Waals surface area contributed by atoms with Crippen molar-refractivity contribution in [3.63, 3.8) is 0 Å². The van der Waals surface area contributed by atoms with Crippen molar-refractivity contribution in [3.8, 4) is 0 Å². The van der Waals surface area contributed by atoms with Crippen LogP contribution in [0.4, 0.5) is 0 Å². The van der Waals surface area contributed by atoms with Gasteiger partial charge < -0.3 is 10.2 Å². The Morgan fingerprint density at radius 3 is 2.20 bits per heavy atom.